The van der Waals surface area contributed by atoms with Crippen LogP contribution in [0.1, 0.15) is 96.8 Å². The molecule has 1 saturated heterocycles. The Bertz CT molecular complexity index is 275. The minimum absolute atomic E-state index is 0.0424. The zero-order chi connectivity index (χ0) is 16.6. The molecule has 0 radical (unpaired) electrons. The highest BCUT2D eigenvalue weighted by Gasteiger charge is 2.13. The van der Waals surface area contributed by atoms with Crippen LogP contribution >= 0.6 is 0 Å². The van der Waals surface area contributed by atoms with E-state index in [1.165, 1.54) is 70.6 Å². The van der Waals surface area contributed by atoms with E-state index in [0.717, 1.165) is 19.3 Å². The van der Waals surface area contributed by atoms with Crippen LogP contribution in [0.2, 0.25) is 0 Å². The number of unbranched alkanes of at least 4 members (excludes halogenated alkanes) is 11. The fraction of sp³-hybridized carbons (Fsp3) is 0.947. The van der Waals surface area contributed by atoms with E-state index < -0.39 is 0 Å². The molecule has 0 aromatic rings. The first-order valence-electron chi connectivity index (χ1n) is 9.59. The average Bonchev–Trinajstić information content (AvgIpc) is 2.56. The summed E-state index contributed by atoms with van der Waals surface area (Å²) in [6.45, 7) is 2.44. The highest BCUT2D eigenvalue weighted by Crippen LogP contribution is 2.15. The van der Waals surface area contributed by atoms with Gasteiger partial charge in [0.1, 0.15) is 5.78 Å². The third-order valence-corrected chi connectivity index (χ3v) is 4.39. The Morgan fingerprint density at radius 3 is 1.65 bits per heavy atom. The van der Waals surface area contributed by atoms with Crippen molar-refractivity contribution < 1.29 is 19.0 Å². The molecule has 23 heavy (non-hydrogen) atoms. The van der Waals surface area contributed by atoms with Crippen LogP contribution in [0.15, 0.2) is 0 Å². The first-order chi connectivity index (χ1) is 11.3. The summed E-state index contributed by atoms with van der Waals surface area (Å²) in [5.74, 6) is 0.331. The fourth-order valence-corrected chi connectivity index (χ4v) is 2.95. The lowest BCUT2D eigenvalue weighted by molar-refractivity contribution is -0.300. The summed E-state index contributed by atoms with van der Waals surface area (Å²) in [4.78, 5) is 10.8. The van der Waals surface area contributed by atoms with E-state index >= 15 is 0 Å². The summed E-state index contributed by atoms with van der Waals surface area (Å²) in [6.07, 6.45) is 17.3. The topological polar surface area (TPSA) is 44.8 Å². The van der Waals surface area contributed by atoms with Gasteiger partial charge >= 0.3 is 0 Å². The predicted molar refractivity (Wildman–Crippen MR) is 92.1 cm³/mol. The molecular formula is C19H36O4. The Hall–Kier alpha value is -0.450. The van der Waals surface area contributed by atoms with Gasteiger partial charge in [0.2, 0.25) is 0 Å². The monoisotopic (exact) mass is 328 g/mol. The van der Waals surface area contributed by atoms with E-state index in [9.17, 15) is 4.79 Å². The summed E-state index contributed by atoms with van der Waals surface area (Å²) in [5.41, 5.74) is 0. The molecule has 0 spiro atoms. The summed E-state index contributed by atoms with van der Waals surface area (Å²) < 4.78 is 15.6. The fourth-order valence-electron chi connectivity index (χ4n) is 2.95. The minimum atomic E-state index is -0.0424. The van der Waals surface area contributed by atoms with Crippen molar-refractivity contribution in [3.05, 3.63) is 0 Å². The lowest BCUT2D eigenvalue weighted by Crippen LogP contribution is -2.26. The van der Waals surface area contributed by atoms with E-state index in [-0.39, 0.29) is 6.29 Å². The molecular weight excluding hydrogens is 292 g/mol. The SMILES string of the molecule is CC(=O)CCCCCCCCCCCCCCC1OCOCO1. The van der Waals surface area contributed by atoms with Gasteiger partial charge in [-0.1, -0.05) is 64.2 Å². The van der Waals surface area contributed by atoms with E-state index in [2.05, 4.69) is 0 Å². The summed E-state index contributed by atoms with van der Waals surface area (Å²) >= 11 is 0. The van der Waals surface area contributed by atoms with Gasteiger partial charge in [-0.15, -0.1) is 0 Å². The lowest BCUT2D eigenvalue weighted by Gasteiger charge is -2.22. The second-order valence-electron chi connectivity index (χ2n) is 6.69. The largest absolute Gasteiger partial charge is 0.329 e. The Kier molecular flexibility index (Phi) is 13.5. The van der Waals surface area contributed by atoms with Crippen LogP contribution in [-0.2, 0) is 19.0 Å². The quantitative estimate of drug-likeness (QED) is 0.381. The Balaban J connectivity index is 1.69. The third-order valence-electron chi connectivity index (χ3n) is 4.39. The van der Waals surface area contributed by atoms with E-state index in [4.69, 9.17) is 14.2 Å². The molecule has 0 atom stereocenters. The van der Waals surface area contributed by atoms with Crippen LogP contribution in [0.5, 0.6) is 0 Å². The highest BCUT2D eigenvalue weighted by atomic mass is 16.8. The molecule has 4 nitrogen and oxygen atoms in total. The molecule has 4 heteroatoms. The Morgan fingerprint density at radius 1 is 0.739 bits per heavy atom. The lowest BCUT2D eigenvalue weighted by atomic mass is 10.0. The van der Waals surface area contributed by atoms with Crippen LogP contribution in [0.3, 0.4) is 0 Å². The van der Waals surface area contributed by atoms with Crippen molar-refractivity contribution >= 4 is 5.78 Å². The highest BCUT2D eigenvalue weighted by molar-refractivity contribution is 5.75. The van der Waals surface area contributed by atoms with Gasteiger partial charge in [0.15, 0.2) is 19.9 Å². The van der Waals surface area contributed by atoms with Crippen molar-refractivity contribution in [1.29, 1.82) is 0 Å². The van der Waals surface area contributed by atoms with Crippen LogP contribution in [-0.4, -0.2) is 25.7 Å². The van der Waals surface area contributed by atoms with E-state index in [1.807, 2.05) is 0 Å². The van der Waals surface area contributed by atoms with Gasteiger partial charge < -0.3 is 19.0 Å². The first-order valence-corrected chi connectivity index (χ1v) is 9.59. The van der Waals surface area contributed by atoms with Gasteiger partial charge in [0, 0.05) is 6.42 Å². The standard InChI is InChI=1S/C19H36O4/c1-18(20)14-12-10-8-6-4-2-3-5-7-9-11-13-15-19-22-16-21-17-23-19/h19H,2-17H2,1H3. The molecule has 0 saturated carbocycles. The maximum absolute atomic E-state index is 10.8. The molecule has 1 heterocycles. The number of carbonyl (C=O) groups excluding carboxylic acids is 1. The molecule has 0 amide bonds. The molecule has 0 aliphatic carbocycles. The van der Waals surface area contributed by atoms with Gasteiger partial charge in [-0.2, -0.15) is 0 Å². The van der Waals surface area contributed by atoms with E-state index in [0.29, 0.717) is 19.4 Å². The van der Waals surface area contributed by atoms with Crippen LogP contribution in [0, 0.1) is 0 Å². The van der Waals surface area contributed by atoms with Crippen molar-refractivity contribution in [3.8, 4) is 0 Å². The summed E-state index contributed by atoms with van der Waals surface area (Å²) in [5, 5.41) is 0. The predicted octanol–water partition coefficient (Wildman–Crippen LogP) is 5.34. The van der Waals surface area contributed by atoms with Gasteiger partial charge in [0.25, 0.3) is 0 Å². The van der Waals surface area contributed by atoms with Crippen LogP contribution < -0.4 is 0 Å². The number of Topliss-reactive ketones (excluding diaryl/α,β-unsaturated/α-hetero) is 1. The zero-order valence-electron chi connectivity index (χ0n) is 15.0. The van der Waals surface area contributed by atoms with Crippen LogP contribution in [0.25, 0.3) is 0 Å². The number of rotatable bonds is 15. The minimum Gasteiger partial charge on any atom is -0.329 e. The van der Waals surface area contributed by atoms with Crippen molar-refractivity contribution in [1.82, 2.24) is 0 Å². The number of carbonyl (C=O) groups is 1. The molecule has 0 N–H and O–H groups in total. The van der Waals surface area contributed by atoms with Gasteiger partial charge in [-0.3, -0.25) is 0 Å². The molecule has 0 aromatic heterocycles. The van der Waals surface area contributed by atoms with Crippen molar-refractivity contribution in [2.24, 2.45) is 0 Å². The maximum atomic E-state index is 10.8. The molecule has 1 fully saturated rings. The zero-order valence-corrected chi connectivity index (χ0v) is 15.0. The van der Waals surface area contributed by atoms with E-state index in [1.54, 1.807) is 6.92 Å². The molecule has 1 rings (SSSR count). The van der Waals surface area contributed by atoms with Crippen molar-refractivity contribution in [3.63, 3.8) is 0 Å². The van der Waals surface area contributed by atoms with Crippen molar-refractivity contribution in [2.75, 3.05) is 13.6 Å². The molecule has 1 aliphatic heterocycles. The normalized spacial score (nSPS) is 15.9. The maximum Gasteiger partial charge on any atom is 0.163 e. The molecule has 0 bridgehead atoms. The van der Waals surface area contributed by atoms with Gasteiger partial charge in [-0.25, -0.2) is 0 Å². The number of ketones is 1. The Morgan fingerprint density at radius 2 is 1.17 bits per heavy atom. The third kappa shape index (κ3) is 13.7. The molecule has 136 valence electrons. The molecule has 0 unspecified atom stereocenters. The number of hydrogen-bond acceptors (Lipinski definition) is 4. The molecule has 0 aromatic carbocycles. The Labute approximate surface area is 142 Å². The molecule has 1 aliphatic rings. The van der Waals surface area contributed by atoms with Crippen molar-refractivity contribution in [2.45, 2.75) is 103 Å². The second kappa shape index (κ2) is 15.1. The summed E-state index contributed by atoms with van der Waals surface area (Å²) in [6, 6.07) is 0. The average molecular weight is 328 g/mol. The smallest absolute Gasteiger partial charge is 0.163 e. The first kappa shape index (κ1) is 20.6. The van der Waals surface area contributed by atoms with Gasteiger partial charge in [-0.05, 0) is 26.2 Å². The van der Waals surface area contributed by atoms with Crippen LogP contribution in [0.4, 0.5) is 0 Å². The number of hydrogen-bond donors (Lipinski definition) is 0. The summed E-state index contributed by atoms with van der Waals surface area (Å²) in [7, 11) is 0. The number of ether oxygens (including phenoxy) is 3. The van der Waals surface area contributed by atoms with Gasteiger partial charge in [0.05, 0.1) is 0 Å². The second-order valence-corrected chi connectivity index (χ2v) is 6.69.